The minimum atomic E-state index is -0.697. The van der Waals surface area contributed by atoms with Crippen molar-refractivity contribution in [3.63, 3.8) is 0 Å². The van der Waals surface area contributed by atoms with Gasteiger partial charge in [0.05, 0.1) is 6.10 Å². The van der Waals surface area contributed by atoms with E-state index in [1.165, 1.54) is 30.4 Å². The first-order valence-electron chi connectivity index (χ1n) is 12.6. The first-order chi connectivity index (χ1) is 15.4. The Labute approximate surface area is 194 Å². The lowest BCUT2D eigenvalue weighted by atomic mass is 9.95. The second kappa shape index (κ2) is 17.5. The predicted octanol–water partition coefficient (Wildman–Crippen LogP) is 7.19. The van der Waals surface area contributed by atoms with Crippen LogP contribution in [-0.4, -0.2) is 28.3 Å². The average Bonchev–Trinajstić information content (AvgIpc) is 2.72. The van der Waals surface area contributed by atoms with Gasteiger partial charge < -0.3 is 14.9 Å². The normalized spacial score (nSPS) is 11.1. The van der Waals surface area contributed by atoms with Crippen molar-refractivity contribution in [1.29, 1.82) is 0 Å². The van der Waals surface area contributed by atoms with E-state index in [4.69, 9.17) is 14.9 Å². The van der Waals surface area contributed by atoms with Crippen LogP contribution in [0.25, 0.3) is 0 Å². The molecule has 0 aliphatic heterocycles. The molecule has 0 saturated heterocycles. The van der Waals surface area contributed by atoms with Crippen molar-refractivity contribution in [2.45, 2.75) is 123 Å². The van der Waals surface area contributed by atoms with Gasteiger partial charge in [0.2, 0.25) is 0 Å². The van der Waals surface area contributed by atoms with Gasteiger partial charge in [-0.2, -0.15) is 0 Å². The zero-order valence-corrected chi connectivity index (χ0v) is 20.2. The van der Waals surface area contributed by atoms with Crippen LogP contribution in [0.5, 0.6) is 5.75 Å². The molecule has 0 bridgehead atoms. The van der Waals surface area contributed by atoms with Crippen molar-refractivity contribution in [2.75, 3.05) is 0 Å². The molecule has 0 aliphatic rings. The van der Waals surface area contributed by atoms with Gasteiger partial charge in [0.25, 0.3) is 0 Å². The summed E-state index contributed by atoms with van der Waals surface area (Å²) in [5, 5.41) is 17.4. The lowest BCUT2D eigenvalue weighted by Gasteiger charge is -2.18. The Bertz CT molecular complexity index is 653. The molecule has 32 heavy (non-hydrogen) atoms. The number of hydrogen-bond donors (Lipinski definition) is 2. The van der Waals surface area contributed by atoms with Crippen molar-refractivity contribution in [3.8, 4) is 5.75 Å². The first-order valence-corrected chi connectivity index (χ1v) is 12.6. The van der Waals surface area contributed by atoms with Crippen LogP contribution in [0.2, 0.25) is 0 Å². The fourth-order valence-electron chi connectivity index (χ4n) is 4.08. The number of carbonyl (C=O) groups is 2. The maximum atomic E-state index is 10.6. The molecule has 0 radical (unpaired) electrons. The molecule has 0 unspecified atom stereocenters. The summed E-state index contributed by atoms with van der Waals surface area (Å²) in [5.74, 6) is -0.371. The number of unbranched alkanes of at least 4 members (excludes halogenated alkanes) is 10. The van der Waals surface area contributed by atoms with E-state index in [1.54, 1.807) is 0 Å². The number of aliphatic carboxylic acids is 2. The number of benzene rings is 1. The predicted molar refractivity (Wildman–Crippen MR) is 130 cm³/mol. The molecular weight excluding hydrogens is 404 g/mol. The topological polar surface area (TPSA) is 83.8 Å². The molecule has 0 atom stereocenters. The van der Waals surface area contributed by atoms with Gasteiger partial charge in [-0.25, -0.2) is 0 Å². The van der Waals surface area contributed by atoms with E-state index in [2.05, 4.69) is 32.0 Å². The molecule has 0 heterocycles. The molecule has 1 aromatic rings. The van der Waals surface area contributed by atoms with E-state index < -0.39 is 11.9 Å². The Morgan fingerprint density at radius 2 is 1.19 bits per heavy atom. The van der Waals surface area contributed by atoms with Crippen molar-refractivity contribution >= 4 is 11.9 Å². The Balaban J connectivity index is 2.42. The molecule has 1 aromatic carbocycles. The van der Waals surface area contributed by atoms with Crippen LogP contribution in [-0.2, 0) is 22.4 Å². The Morgan fingerprint density at radius 3 is 1.69 bits per heavy atom. The third-order valence-corrected chi connectivity index (χ3v) is 5.75. The van der Waals surface area contributed by atoms with E-state index in [0.29, 0.717) is 0 Å². The lowest BCUT2D eigenvalue weighted by Crippen LogP contribution is -2.09. The summed E-state index contributed by atoms with van der Waals surface area (Å²) in [6.07, 6.45) is 15.6. The maximum Gasteiger partial charge on any atom is 0.303 e. The summed E-state index contributed by atoms with van der Waals surface area (Å²) < 4.78 is 6.11. The Hall–Kier alpha value is -2.04. The summed E-state index contributed by atoms with van der Waals surface area (Å²) >= 11 is 0. The molecule has 0 amide bonds. The molecule has 0 aromatic heterocycles. The third kappa shape index (κ3) is 14.1. The van der Waals surface area contributed by atoms with Crippen LogP contribution in [0.1, 0.15) is 115 Å². The fourth-order valence-corrected chi connectivity index (χ4v) is 4.08. The second-order valence-corrected chi connectivity index (χ2v) is 9.09. The molecule has 1 rings (SSSR count). The number of aryl methyl sites for hydroxylation is 1. The van der Waals surface area contributed by atoms with Gasteiger partial charge in [0.1, 0.15) is 5.75 Å². The zero-order valence-electron chi connectivity index (χ0n) is 20.2. The largest absolute Gasteiger partial charge is 0.491 e. The van der Waals surface area contributed by atoms with Crippen molar-refractivity contribution in [2.24, 2.45) is 0 Å². The summed E-state index contributed by atoms with van der Waals surface area (Å²) in [4.78, 5) is 21.1. The van der Waals surface area contributed by atoms with E-state index in [0.717, 1.165) is 76.4 Å². The monoisotopic (exact) mass is 448 g/mol. The van der Waals surface area contributed by atoms with Gasteiger partial charge in [0.15, 0.2) is 0 Å². The second-order valence-electron chi connectivity index (χ2n) is 9.09. The van der Waals surface area contributed by atoms with E-state index in [-0.39, 0.29) is 18.9 Å². The number of carboxylic acid groups (broad SMARTS) is 2. The Morgan fingerprint density at radius 1 is 0.719 bits per heavy atom. The molecule has 5 heteroatoms. The van der Waals surface area contributed by atoms with Crippen LogP contribution in [0.4, 0.5) is 0 Å². The van der Waals surface area contributed by atoms with Crippen LogP contribution < -0.4 is 4.74 Å². The van der Waals surface area contributed by atoms with Gasteiger partial charge in [-0.3, -0.25) is 9.59 Å². The number of ether oxygens (including phenoxy) is 1. The van der Waals surface area contributed by atoms with Crippen LogP contribution in [0.3, 0.4) is 0 Å². The Kier molecular flexibility index (Phi) is 15.3. The summed E-state index contributed by atoms with van der Waals surface area (Å²) in [5.41, 5.74) is 2.75. The van der Waals surface area contributed by atoms with Crippen molar-refractivity contribution in [3.05, 3.63) is 29.3 Å². The van der Waals surface area contributed by atoms with Crippen LogP contribution >= 0.6 is 0 Å². The molecular formula is C27H44O5. The standard InChI is InChI=1S/C27H44O5/c1-22(2)32-25-19-15-17-23(16-11-7-3-5-9-13-20-26(28)29)24(25)18-12-8-4-6-10-14-21-27(30)31/h15,17,19,22H,3-14,16,18,20-21H2,1-2H3,(H,28,29)(H,30,31). The van der Waals surface area contributed by atoms with E-state index in [1.807, 2.05) is 0 Å². The SMILES string of the molecule is CC(C)Oc1cccc(CCCCCCCCC(=O)O)c1CCCCCCCCC(=O)O. The average molecular weight is 449 g/mol. The van der Waals surface area contributed by atoms with Gasteiger partial charge in [-0.15, -0.1) is 0 Å². The fraction of sp³-hybridized carbons (Fsp3) is 0.704. The first kappa shape index (κ1) is 28.0. The smallest absolute Gasteiger partial charge is 0.303 e. The highest BCUT2D eigenvalue weighted by Crippen LogP contribution is 2.27. The summed E-state index contributed by atoms with van der Waals surface area (Å²) in [7, 11) is 0. The minimum absolute atomic E-state index is 0.157. The highest BCUT2D eigenvalue weighted by Gasteiger charge is 2.11. The van der Waals surface area contributed by atoms with Gasteiger partial charge in [0, 0.05) is 12.8 Å². The summed E-state index contributed by atoms with van der Waals surface area (Å²) in [6.45, 7) is 4.13. The molecule has 0 fully saturated rings. The van der Waals surface area contributed by atoms with Crippen LogP contribution in [0, 0.1) is 0 Å². The quantitative estimate of drug-likeness (QED) is 0.206. The lowest BCUT2D eigenvalue weighted by molar-refractivity contribution is -0.138. The van der Waals surface area contributed by atoms with Gasteiger partial charge in [-0.1, -0.05) is 63.5 Å². The third-order valence-electron chi connectivity index (χ3n) is 5.75. The van der Waals surface area contributed by atoms with E-state index in [9.17, 15) is 9.59 Å². The molecule has 0 saturated carbocycles. The maximum absolute atomic E-state index is 10.6. The van der Waals surface area contributed by atoms with Crippen LogP contribution in [0.15, 0.2) is 18.2 Å². The molecule has 2 N–H and O–H groups in total. The number of hydrogen-bond acceptors (Lipinski definition) is 3. The minimum Gasteiger partial charge on any atom is -0.491 e. The van der Waals surface area contributed by atoms with Crippen molar-refractivity contribution < 1.29 is 24.5 Å². The van der Waals surface area contributed by atoms with Gasteiger partial charge >= 0.3 is 11.9 Å². The molecule has 5 nitrogen and oxygen atoms in total. The zero-order chi connectivity index (χ0) is 23.6. The van der Waals surface area contributed by atoms with E-state index >= 15 is 0 Å². The van der Waals surface area contributed by atoms with Crippen molar-refractivity contribution in [1.82, 2.24) is 0 Å². The molecule has 0 aliphatic carbocycles. The highest BCUT2D eigenvalue weighted by molar-refractivity contribution is 5.66. The number of carboxylic acids is 2. The van der Waals surface area contributed by atoms with Gasteiger partial charge in [-0.05, 0) is 69.6 Å². The number of rotatable bonds is 20. The molecule has 0 spiro atoms. The summed E-state index contributed by atoms with van der Waals surface area (Å²) in [6, 6.07) is 6.43. The highest BCUT2D eigenvalue weighted by atomic mass is 16.5. The molecule has 182 valence electrons.